The molecule has 3 aliphatic carbocycles. The van der Waals surface area contributed by atoms with Gasteiger partial charge in [0.2, 0.25) is 0 Å². The number of ether oxygens (including phenoxy) is 4. The highest BCUT2D eigenvalue weighted by molar-refractivity contribution is 7.92. The van der Waals surface area contributed by atoms with Crippen LogP contribution in [0.4, 0.5) is 9.59 Å². The summed E-state index contributed by atoms with van der Waals surface area (Å²) >= 11 is 0. The van der Waals surface area contributed by atoms with Gasteiger partial charge in [0.1, 0.15) is 12.2 Å². The van der Waals surface area contributed by atoms with Crippen LogP contribution in [0, 0.1) is 29.1 Å². The largest absolute Gasteiger partial charge is 0.508 e. The van der Waals surface area contributed by atoms with Crippen molar-refractivity contribution in [1.82, 2.24) is 0 Å². The Bertz CT molecular complexity index is 1410. The van der Waals surface area contributed by atoms with Gasteiger partial charge in [-0.3, -0.25) is 0 Å². The van der Waals surface area contributed by atoms with Crippen molar-refractivity contribution in [3.05, 3.63) is 65.8 Å². The second-order valence-corrected chi connectivity index (χ2v) is 16.1. The number of methoxy groups -OCH3 is 2. The summed E-state index contributed by atoms with van der Waals surface area (Å²) < 4.78 is 48.5. The number of rotatable bonds is 10. The van der Waals surface area contributed by atoms with Crippen LogP contribution in [0.2, 0.25) is 0 Å². The molecule has 1 aromatic rings. The summed E-state index contributed by atoms with van der Waals surface area (Å²) in [4.78, 5) is 24.3. The number of carbonyl (C=O) groups excluding carboxylic acids is 2. The maximum absolute atomic E-state index is 14.1. The molecule has 0 amide bonds. The Kier molecular flexibility index (Phi) is 11.8. The molecule has 4 rings (SSSR count). The second-order valence-electron chi connectivity index (χ2n) is 14.0. The first kappa shape index (κ1) is 35.8. The first-order valence-corrected chi connectivity index (χ1v) is 18.2. The minimum atomic E-state index is -3.50. The van der Waals surface area contributed by atoms with Crippen LogP contribution in [0.15, 0.2) is 70.7 Å². The van der Waals surface area contributed by atoms with Crippen LogP contribution < -0.4 is 0 Å². The van der Waals surface area contributed by atoms with E-state index in [2.05, 4.69) is 40.3 Å². The van der Waals surface area contributed by atoms with Gasteiger partial charge in [0.15, 0.2) is 9.84 Å². The van der Waals surface area contributed by atoms with E-state index in [0.29, 0.717) is 35.1 Å². The Hall–Kier alpha value is -3.07. The van der Waals surface area contributed by atoms with Crippen LogP contribution in [-0.2, 0) is 28.8 Å². The van der Waals surface area contributed by atoms with Gasteiger partial charge in [-0.2, -0.15) is 0 Å². The van der Waals surface area contributed by atoms with E-state index in [-0.39, 0.29) is 23.7 Å². The molecular weight excluding hydrogens is 604 g/mol. The van der Waals surface area contributed by atoms with E-state index in [9.17, 15) is 18.0 Å². The zero-order chi connectivity index (χ0) is 33.6. The molecule has 0 bridgehead atoms. The van der Waals surface area contributed by atoms with Gasteiger partial charge in [-0.1, -0.05) is 70.2 Å². The molecule has 1 unspecified atom stereocenters. The van der Waals surface area contributed by atoms with Crippen LogP contribution in [0.25, 0.3) is 0 Å². The fourth-order valence-corrected chi connectivity index (χ4v) is 10.5. The highest BCUT2D eigenvalue weighted by Crippen LogP contribution is 2.60. The van der Waals surface area contributed by atoms with E-state index in [1.807, 2.05) is 24.3 Å². The van der Waals surface area contributed by atoms with Gasteiger partial charge in [-0.25, -0.2) is 18.0 Å². The summed E-state index contributed by atoms with van der Waals surface area (Å²) in [6.45, 7) is 13.1. The Morgan fingerprint density at radius 2 is 1.67 bits per heavy atom. The van der Waals surface area contributed by atoms with Gasteiger partial charge in [-0.05, 0) is 97.3 Å². The van der Waals surface area contributed by atoms with E-state index in [0.717, 1.165) is 44.1 Å². The van der Waals surface area contributed by atoms with Crippen molar-refractivity contribution in [3.8, 4) is 0 Å². The number of sulfone groups is 1. The van der Waals surface area contributed by atoms with Crippen LogP contribution >= 0.6 is 0 Å². The number of carbonyl (C=O) groups is 2. The van der Waals surface area contributed by atoms with Crippen LogP contribution in [0.1, 0.15) is 85.5 Å². The van der Waals surface area contributed by atoms with Gasteiger partial charge in [0.05, 0.1) is 24.4 Å². The summed E-state index contributed by atoms with van der Waals surface area (Å²) in [5, 5.41) is -0.432. The van der Waals surface area contributed by atoms with E-state index in [4.69, 9.17) is 18.9 Å². The monoisotopic (exact) mass is 656 g/mol. The third kappa shape index (κ3) is 7.89. The molecule has 0 radical (unpaired) electrons. The van der Waals surface area contributed by atoms with Crippen molar-refractivity contribution >= 4 is 22.1 Å². The molecule has 3 fully saturated rings. The normalized spacial score (nSPS) is 29.7. The number of fused-ring (bicyclic) bond motifs is 1. The van der Waals surface area contributed by atoms with Crippen LogP contribution in [-0.4, -0.2) is 52.4 Å². The summed E-state index contributed by atoms with van der Waals surface area (Å²) in [5.41, 5.74) is 2.85. The summed E-state index contributed by atoms with van der Waals surface area (Å²) in [6.07, 6.45) is 8.69. The van der Waals surface area contributed by atoms with Crippen LogP contribution in [0.3, 0.4) is 0 Å². The molecule has 0 spiro atoms. The fraction of sp³-hybridized carbons (Fsp3) is 0.622. The molecule has 9 heteroatoms. The first-order valence-electron chi connectivity index (χ1n) is 16.7. The molecule has 1 aromatic carbocycles. The summed E-state index contributed by atoms with van der Waals surface area (Å²) in [6, 6.07) is 8.95. The fourth-order valence-electron chi connectivity index (χ4n) is 8.37. The van der Waals surface area contributed by atoms with Gasteiger partial charge in [0.25, 0.3) is 0 Å². The predicted octanol–water partition coefficient (Wildman–Crippen LogP) is 8.62. The summed E-state index contributed by atoms with van der Waals surface area (Å²) in [5.74, 6) is 1.07. The lowest BCUT2D eigenvalue weighted by Crippen LogP contribution is -2.41. The van der Waals surface area contributed by atoms with Crippen molar-refractivity contribution in [2.45, 2.75) is 108 Å². The standard InChI is InChI=1S/C37H52O8S/c1-24(2)15-20-34(46(40,41)30-13-9-8-10-14-30)26(4)31-18-19-32-27(12-11-21-37(31,32)5)16-17-28-22-29(44-35(38)42-6)23-33(25(28)3)45-36(39)43-7/h8-10,13-14,16-17,24,26,29,31-34H,3,11-12,15,18-23H2,1-2,4-7H3/t26-,29+,31+,32-,33-,34?,37+/m0/s1. The Morgan fingerprint density at radius 3 is 2.33 bits per heavy atom. The molecule has 254 valence electrons. The molecule has 0 aromatic heterocycles. The van der Waals surface area contributed by atoms with Crippen molar-refractivity contribution in [3.63, 3.8) is 0 Å². The highest BCUT2D eigenvalue weighted by Gasteiger charge is 2.53. The average molecular weight is 657 g/mol. The van der Waals surface area contributed by atoms with Crippen molar-refractivity contribution in [1.29, 1.82) is 0 Å². The lowest BCUT2D eigenvalue weighted by atomic mass is 9.60. The van der Waals surface area contributed by atoms with Crippen LogP contribution in [0.5, 0.6) is 0 Å². The number of hydrogen-bond acceptors (Lipinski definition) is 8. The van der Waals surface area contributed by atoms with E-state index in [1.165, 1.54) is 19.8 Å². The Morgan fingerprint density at radius 1 is 1.00 bits per heavy atom. The maximum Gasteiger partial charge on any atom is 0.508 e. The van der Waals surface area contributed by atoms with E-state index >= 15 is 0 Å². The zero-order valence-corrected chi connectivity index (χ0v) is 29.1. The molecule has 3 saturated carbocycles. The van der Waals surface area contributed by atoms with Crippen molar-refractivity contribution in [2.75, 3.05) is 14.2 Å². The summed E-state index contributed by atoms with van der Waals surface area (Å²) in [7, 11) is -0.994. The van der Waals surface area contributed by atoms with Gasteiger partial charge in [0, 0.05) is 12.8 Å². The van der Waals surface area contributed by atoms with Gasteiger partial charge >= 0.3 is 12.3 Å². The number of allylic oxidation sites excluding steroid dienone is 3. The topological polar surface area (TPSA) is 105 Å². The quantitative estimate of drug-likeness (QED) is 0.231. The molecule has 7 atom stereocenters. The SMILES string of the molecule is C=C1C(=CC=C2CCC[C@]3(C)[C@@H]([C@H](C)C(CCC(C)C)S(=O)(=O)c4ccccc4)CC[C@@H]23)C[C@@H](OC(=O)OC)C[C@@H]1OC(=O)OC. The number of hydrogen-bond donors (Lipinski definition) is 0. The molecule has 3 aliphatic rings. The molecule has 0 saturated heterocycles. The van der Waals surface area contributed by atoms with Gasteiger partial charge in [-0.15, -0.1) is 0 Å². The second kappa shape index (κ2) is 15.2. The Balaban J connectivity index is 1.60. The first-order chi connectivity index (χ1) is 21.8. The van der Waals surface area contributed by atoms with E-state index < -0.39 is 39.6 Å². The maximum atomic E-state index is 14.1. The molecule has 46 heavy (non-hydrogen) atoms. The highest BCUT2D eigenvalue weighted by atomic mass is 32.2. The molecule has 0 N–H and O–H groups in total. The number of benzene rings is 1. The minimum Gasteiger partial charge on any atom is -0.438 e. The molecule has 0 heterocycles. The molecular formula is C37H52O8S. The predicted molar refractivity (Wildman–Crippen MR) is 178 cm³/mol. The Labute approximate surface area is 275 Å². The van der Waals surface area contributed by atoms with Crippen molar-refractivity contribution in [2.24, 2.45) is 29.1 Å². The molecule has 8 nitrogen and oxygen atoms in total. The lowest BCUT2D eigenvalue weighted by Gasteiger charge is -2.45. The molecule has 0 aliphatic heterocycles. The third-order valence-electron chi connectivity index (χ3n) is 10.8. The third-order valence-corrected chi connectivity index (χ3v) is 13.2. The van der Waals surface area contributed by atoms with Gasteiger partial charge < -0.3 is 18.9 Å². The average Bonchev–Trinajstić information content (AvgIpc) is 3.39. The minimum absolute atomic E-state index is 0.0130. The lowest BCUT2D eigenvalue weighted by molar-refractivity contribution is -0.00302. The smallest absolute Gasteiger partial charge is 0.438 e. The zero-order valence-electron chi connectivity index (χ0n) is 28.3. The van der Waals surface area contributed by atoms with E-state index in [1.54, 1.807) is 12.1 Å². The van der Waals surface area contributed by atoms with Crippen molar-refractivity contribution < 1.29 is 37.0 Å².